The molecule has 3 rings (SSSR count). The van der Waals surface area contributed by atoms with Crippen LogP contribution in [0.1, 0.15) is 12.5 Å². The van der Waals surface area contributed by atoms with E-state index in [0.29, 0.717) is 8.81 Å². The minimum atomic E-state index is -0.735. The van der Waals surface area contributed by atoms with Crippen LogP contribution in [0.2, 0.25) is 4.34 Å². The van der Waals surface area contributed by atoms with E-state index >= 15 is 0 Å². The van der Waals surface area contributed by atoms with Crippen molar-refractivity contribution in [2.24, 2.45) is 0 Å². The minimum absolute atomic E-state index is 0.158. The highest BCUT2D eigenvalue weighted by molar-refractivity contribution is 9.10. The smallest absolute Gasteiger partial charge is 0.332 e. The molecule has 0 saturated carbocycles. The molecule has 3 aromatic rings. The first-order valence-corrected chi connectivity index (χ1v) is 9.82. The zero-order chi connectivity index (χ0) is 19.7. The molecule has 10 heteroatoms. The summed E-state index contributed by atoms with van der Waals surface area (Å²) in [6, 6.07) is 5.77. The Bertz CT molecular complexity index is 1150. The van der Waals surface area contributed by atoms with E-state index in [2.05, 4.69) is 15.9 Å². The van der Waals surface area contributed by atoms with Crippen LogP contribution in [0, 0.1) is 5.82 Å². The van der Waals surface area contributed by atoms with E-state index in [1.54, 1.807) is 13.0 Å². The number of halogens is 3. The second-order valence-corrected chi connectivity index (χ2v) is 8.15. The molecule has 0 aliphatic carbocycles. The second kappa shape index (κ2) is 7.95. The fraction of sp³-hybridized carbons (Fsp3) is 0.235. The lowest BCUT2D eigenvalue weighted by molar-refractivity contribution is -0.143. The third-order valence-electron chi connectivity index (χ3n) is 3.80. The molecule has 0 spiro atoms. The van der Waals surface area contributed by atoms with Gasteiger partial charge in [-0.25, -0.2) is 9.18 Å². The van der Waals surface area contributed by atoms with Gasteiger partial charge in [0.25, 0.3) is 5.56 Å². The first kappa shape index (κ1) is 19.8. The quantitative estimate of drug-likeness (QED) is 0.531. The Morgan fingerprint density at radius 2 is 2.04 bits per heavy atom. The van der Waals surface area contributed by atoms with Crippen LogP contribution >= 0.6 is 38.9 Å². The lowest BCUT2D eigenvalue weighted by Crippen LogP contribution is -2.41. The molecule has 0 atom stereocenters. The van der Waals surface area contributed by atoms with E-state index in [4.69, 9.17) is 16.3 Å². The van der Waals surface area contributed by atoms with Crippen molar-refractivity contribution < 1.29 is 13.9 Å². The summed E-state index contributed by atoms with van der Waals surface area (Å²) < 4.78 is 21.9. The Morgan fingerprint density at radius 3 is 2.70 bits per heavy atom. The molecule has 0 aliphatic rings. The number of hydrogen-bond donors (Lipinski definition) is 0. The van der Waals surface area contributed by atoms with E-state index < -0.39 is 23.0 Å². The largest absolute Gasteiger partial charge is 0.465 e. The van der Waals surface area contributed by atoms with Gasteiger partial charge < -0.3 is 4.74 Å². The van der Waals surface area contributed by atoms with Crippen LogP contribution in [0.3, 0.4) is 0 Å². The van der Waals surface area contributed by atoms with Gasteiger partial charge >= 0.3 is 11.7 Å². The number of fused-ring (bicyclic) bond motifs is 1. The van der Waals surface area contributed by atoms with Crippen molar-refractivity contribution in [1.29, 1.82) is 0 Å². The SMILES string of the molecule is CCOC(=O)Cn1c(=O)n(Cc2ccc(Br)cc2F)c(=O)c2cc(Cl)sc21. The molecular formula is C17H13BrClFN2O4S. The Kier molecular flexibility index (Phi) is 5.83. The average molecular weight is 476 g/mol. The molecule has 0 radical (unpaired) electrons. The van der Waals surface area contributed by atoms with Gasteiger partial charge in [0.05, 0.1) is 22.9 Å². The van der Waals surface area contributed by atoms with Crippen molar-refractivity contribution in [3.05, 3.63) is 65.3 Å². The summed E-state index contributed by atoms with van der Waals surface area (Å²) in [5, 5.41) is 0.186. The van der Waals surface area contributed by atoms with Crippen LogP contribution in [-0.2, 0) is 22.6 Å². The molecule has 27 heavy (non-hydrogen) atoms. The second-order valence-electron chi connectivity index (χ2n) is 5.57. The predicted molar refractivity (Wildman–Crippen MR) is 105 cm³/mol. The highest BCUT2D eigenvalue weighted by atomic mass is 79.9. The van der Waals surface area contributed by atoms with Crippen molar-refractivity contribution in [2.45, 2.75) is 20.0 Å². The minimum Gasteiger partial charge on any atom is -0.465 e. The summed E-state index contributed by atoms with van der Waals surface area (Å²) in [6.07, 6.45) is 0. The van der Waals surface area contributed by atoms with E-state index in [1.165, 1.54) is 18.2 Å². The van der Waals surface area contributed by atoms with Crippen molar-refractivity contribution in [3.8, 4) is 0 Å². The number of thiophene rings is 1. The van der Waals surface area contributed by atoms with Crippen LogP contribution < -0.4 is 11.2 Å². The molecule has 0 unspecified atom stereocenters. The lowest BCUT2D eigenvalue weighted by Gasteiger charge is -2.12. The number of nitrogens with zero attached hydrogens (tertiary/aromatic N) is 2. The lowest BCUT2D eigenvalue weighted by atomic mass is 10.2. The molecule has 1 aromatic carbocycles. The molecule has 0 fully saturated rings. The molecule has 142 valence electrons. The van der Waals surface area contributed by atoms with Crippen molar-refractivity contribution in [1.82, 2.24) is 9.13 Å². The third kappa shape index (κ3) is 3.99. The molecule has 0 aliphatic heterocycles. The van der Waals surface area contributed by atoms with E-state index in [9.17, 15) is 18.8 Å². The number of benzene rings is 1. The van der Waals surface area contributed by atoms with Crippen LogP contribution in [0.4, 0.5) is 4.39 Å². The monoisotopic (exact) mass is 474 g/mol. The molecule has 0 bridgehead atoms. The molecule has 6 nitrogen and oxygen atoms in total. The number of esters is 1. The maximum absolute atomic E-state index is 14.2. The number of carbonyl (C=O) groups is 1. The van der Waals surface area contributed by atoms with Gasteiger partial charge in [-0.3, -0.25) is 18.7 Å². The van der Waals surface area contributed by atoms with Gasteiger partial charge in [0.1, 0.15) is 17.2 Å². The van der Waals surface area contributed by atoms with E-state index in [0.717, 1.165) is 20.5 Å². The normalized spacial score (nSPS) is 11.1. The first-order valence-electron chi connectivity index (χ1n) is 7.84. The van der Waals surface area contributed by atoms with Crippen LogP contribution in [0.25, 0.3) is 10.2 Å². The van der Waals surface area contributed by atoms with Gasteiger partial charge in [-0.1, -0.05) is 33.6 Å². The van der Waals surface area contributed by atoms with Crippen LogP contribution in [-0.4, -0.2) is 21.7 Å². The Morgan fingerprint density at radius 1 is 1.30 bits per heavy atom. The van der Waals surface area contributed by atoms with Gasteiger partial charge in [0.15, 0.2) is 0 Å². The fourth-order valence-electron chi connectivity index (χ4n) is 2.61. The standard InChI is InChI=1S/C17H13BrClFN2O4S/c1-2-26-14(23)8-22-16-11(6-13(19)27-16)15(24)21(17(22)25)7-9-3-4-10(18)5-12(9)20/h3-6H,2,7-8H2,1H3. The average Bonchev–Trinajstić information content (AvgIpc) is 2.99. The maximum atomic E-state index is 14.2. The number of rotatable bonds is 5. The van der Waals surface area contributed by atoms with Crippen LogP contribution in [0.15, 0.2) is 38.3 Å². The third-order valence-corrected chi connectivity index (χ3v) is 5.58. The van der Waals surface area contributed by atoms with Gasteiger partial charge in [-0.05, 0) is 25.1 Å². The molecule has 2 heterocycles. The number of ether oxygens (including phenoxy) is 1. The molecule has 0 amide bonds. The Hall–Kier alpha value is -1.97. The zero-order valence-corrected chi connectivity index (χ0v) is 17.2. The topological polar surface area (TPSA) is 70.3 Å². The van der Waals surface area contributed by atoms with E-state index in [-0.39, 0.29) is 35.5 Å². The zero-order valence-electron chi connectivity index (χ0n) is 14.0. The fourth-order valence-corrected chi connectivity index (χ4v) is 4.14. The Balaban J connectivity index is 2.19. The summed E-state index contributed by atoms with van der Waals surface area (Å²) in [7, 11) is 0. The number of aromatic nitrogens is 2. The summed E-state index contributed by atoms with van der Waals surface area (Å²) in [6.45, 7) is 1.16. The van der Waals surface area contributed by atoms with Gasteiger partial charge in [0, 0.05) is 10.0 Å². The molecular weight excluding hydrogens is 463 g/mol. The predicted octanol–water partition coefficient (Wildman–Crippen LogP) is 3.39. The van der Waals surface area contributed by atoms with Crippen molar-refractivity contribution >= 4 is 55.1 Å². The molecule has 2 aromatic heterocycles. The van der Waals surface area contributed by atoms with Crippen molar-refractivity contribution in [3.63, 3.8) is 0 Å². The Labute approximate surface area is 169 Å². The maximum Gasteiger partial charge on any atom is 0.332 e. The highest BCUT2D eigenvalue weighted by Crippen LogP contribution is 2.26. The highest BCUT2D eigenvalue weighted by Gasteiger charge is 2.19. The number of hydrogen-bond acceptors (Lipinski definition) is 5. The van der Waals surface area contributed by atoms with Gasteiger partial charge in [-0.2, -0.15) is 0 Å². The summed E-state index contributed by atoms with van der Waals surface area (Å²) in [5.74, 6) is -1.18. The van der Waals surface area contributed by atoms with E-state index in [1.807, 2.05) is 0 Å². The van der Waals surface area contributed by atoms with Crippen molar-refractivity contribution in [2.75, 3.05) is 6.61 Å². The number of carbonyl (C=O) groups excluding carboxylic acids is 1. The summed E-state index contributed by atoms with van der Waals surface area (Å²) in [5.41, 5.74) is -1.16. The van der Waals surface area contributed by atoms with Gasteiger partial charge in [-0.15, -0.1) is 11.3 Å². The first-order chi connectivity index (χ1) is 12.8. The molecule has 0 saturated heterocycles. The molecule has 0 N–H and O–H groups in total. The van der Waals surface area contributed by atoms with Crippen LogP contribution in [0.5, 0.6) is 0 Å². The summed E-state index contributed by atoms with van der Waals surface area (Å²) >= 11 is 10.2. The summed E-state index contributed by atoms with van der Waals surface area (Å²) in [4.78, 5) is 37.8. The van der Waals surface area contributed by atoms with Gasteiger partial charge in [0.2, 0.25) is 0 Å².